The molecule has 0 aromatic heterocycles. The summed E-state index contributed by atoms with van der Waals surface area (Å²) in [6.45, 7) is 0. The molecule has 0 spiro atoms. The SMILES string of the molecule is O=C/C(F)=C/OC(=O)c1ccc(C(F)(F)F)cc1. The molecule has 96 valence electrons. The van der Waals surface area contributed by atoms with Crippen LogP contribution in [0.2, 0.25) is 0 Å². The Bertz CT molecular complexity index is 474. The summed E-state index contributed by atoms with van der Waals surface area (Å²) in [5, 5.41) is 0. The summed E-state index contributed by atoms with van der Waals surface area (Å²) in [6, 6.07) is 3.16. The molecular formula is C11H6F4O3. The smallest absolute Gasteiger partial charge is 0.416 e. The molecule has 0 fully saturated rings. The van der Waals surface area contributed by atoms with E-state index in [1.54, 1.807) is 0 Å². The average molecular weight is 262 g/mol. The molecule has 0 bridgehead atoms. The molecule has 0 saturated heterocycles. The van der Waals surface area contributed by atoms with Crippen LogP contribution in [0.3, 0.4) is 0 Å². The van der Waals surface area contributed by atoms with Crippen LogP contribution >= 0.6 is 0 Å². The maximum Gasteiger partial charge on any atom is 0.416 e. The number of allylic oxidation sites excluding steroid dienone is 1. The minimum atomic E-state index is -4.51. The lowest BCUT2D eigenvalue weighted by Gasteiger charge is -2.06. The number of carbonyl (C=O) groups excluding carboxylic acids is 2. The molecule has 0 unspecified atom stereocenters. The van der Waals surface area contributed by atoms with Crippen molar-refractivity contribution in [3.63, 3.8) is 0 Å². The Labute approximate surface area is 98.7 Å². The minimum Gasteiger partial charge on any atom is -0.428 e. The van der Waals surface area contributed by atoms with E-state index in [1.807, 2.05) is 0 Å². The molecule has 0 atom stereocenters. The van der Waals surface area contributed by atoms with E-state index in [4.69, 9.17) is 0 Å². The summed E-state index contributed by atoms with van der Waals surface area (Å²) in [7, 11) is 0. The fraction of sp³-hybridized carbons (Fsp3) is 0.0909. The number of hydrogen-bond acceptors (Lipinski definition) is 3. The number of halogens is 4. The molecule has 3 nitrogen and oxygen atoms in total. The molecule has 1 rings (SSSR count). The summed E-state index contributed by atoms with van der Waals surface area (Å²) in [5.41, 5.74) is -1.12. The molecule has 7 heteroatoms. The maximum absolute atomic E-state index is 12.3. The molecule has 1 aromatic rings. The monoisotopic (exact) mass is 262 g/mol. The van der Waals surface area contributed by atoms with Gasteiger partial charge in [-0.1, -0.05) is 0 Å². The number of hydrogen-bond donors (Lipinski definition) is 0. The van der Waals surface area contributed by atoms with Crippen molar-refractivity contribution >= 4 is 12.3 Å². The van der Waals surface area contributed by atoms with Gasteiger partial charge in [-0.15, -0.1) is 0 Å². The van der Waals surface area contributed by atoms with Gasteiger partial charge < -0.3 is 4.74 Å². The number of benzene rings is 1. The number of esters is 1. The molecule has 0 saturated carbocycles. The first kappa shape index (κ1) is 13.9. The lowest BCUT2D eigenvalue weighted by atomic mass is 10.1. The van der Waals surface area contributed by atoms with Gasteiger partial charge in [0.05, 0.1) is 11.1 Å². The van der Waals surface area contributed by atoms with Crippen molar-refractivity contribution in [3.05, 3.63) is 47.5 Å². The predicted octanol–water partition coefficient (Wildman–Crippen LogP) is 2.87. The Morgan fingerprint density at radius 3 is 2.17 bits per heavy atom. The van der Waals surface area contributed by atoms with E-state index in [-0.39, 0.29) is 18.1 Å². The van der Waals surface area contributed by atoms with Gasteiger partial charge in [-0.05, 0) is 24.3 Å². The third-order valence-corrected chi connectivity index (χ3v) is 1.84. The van der Waals surface area contributed by atoms with Gasteiger partial charge in [0.25, 0.3) is 0 Å². The van der Waals surface area contributed by atoms with Gasteiger partial charge in [0, 0.05) is 0 Å². The number of ether oxygens (including phenoxy) is 1. The van der Waals surface area contributed by atoms with E-state index >= 15 is 0 Å². The first-order valence-electron chi connectivity index (χ1n) is 4.53. The van der Waals surface area contributed by atoms with Crippen molar-refractivity contribution in [2.24, 2.45) is 0 Å². The number of carbonyl (C=O) groups is 2. The van der Waals surface area contributed by atoms with E-state index in [0.29, 0.717) is 12.1 Å². The summed E-state index contributed by atoms with van der Waals surface area (Å²) < 4.78 is 53.1. The average Bonchev–Trinajstić information content (AvgIpc) is 2.34. The van der Waals surface area contributed by atoms with E-state index in [0.717, 1.165) is 12.1 Å². The first-order chi connectivity index (χ1) is 8.34. The van der Waals surface area contributed by atoms with Crippen LogP contribution in [-0.4, -0.2) is 12.3 Å². The zero-order valence-corrected chi connectivity index (χ0v) is 8.70. The van der Waals surface area contributed by atoms with Crippen LogP contribution in [-0.2, 0) is 15.7 Å². The van der Waals surface area contributed by atoms with Crippen molar-refractivity contribution < 1.29 is 31.9 Å². The van der Waals surface area contributed by atoms with Gasteiger partial charge in [-0.2, -0.15) is 17.6 Å². The van der Waals surface area contributed by atoms with Crippen molar-refractivity contribution in [2.45, 2.75) is 6.18 Å². The Morgan fingerprint density at radius 1 is 1.17 bits per heavy atom. The van der Waals surface area contributed by atoms with Crippen molar-refractivity contribution in [3.8, 4) is 0 Å². The topological polar surface area (TPSA) is 43.4 Å². The van der Waals surface area contributed by atoms with Crippen LogP contribution in [0.1, 0.15) is 15.9 Å². The molecular weight excluding hydrogens is 256 g/mol. The number of aldehydes is 1. The molecule has 0 radical (unpaired) electrons. The normalized spacial score (nSPS) is 12.1. The lowest BCUT2D eigenvalue weighted by Crippen LogP contribution is -2.06. The van der Waals surface area contributed by atoms with Crippen LogP contribution in [0, 0.1) is 0 Å². The fourth-order valence-electron chi connectivity index (χ4n) is 1.00. The second kappa shape index (κ2) is 5.44. The van der Waals surface area contributed by atoms with Crippen LogP contribution in [0.25, 0.3) is 0 Å². The zero-order chi connectivity index (χ0) is 13.8. The van der Waals surface area contributed by atoms with Crippen LogP contribution in [0.4, 0.5) is 17.6 Å². The van der Waals surface area contributed by atoms with Gasteiger partial charge in [0.1, 0.15) is 6.26 Å². The third-order valence-electron chi connectivity index (χ3n) is 1.84. The molecule has 0 aliphatic carbocycles. The second-order valence-electron chi connectivity index (χ2n) is 3.10. The second-order valence-corrected chi connectivity index (χ2v) is 3.10. The predicted molar refractivity (Wildman–Crippen MR) is 52.1 cm³/mol. The van der Waals surface area contributed by atoms with Crippen LogP contribution < -0.4 is 0 Å². The summed E-state index contributed by atoms with van der Waals surface area (Å²) in [4.78, 5) is 21.0. The quantitative estimate of drug-likeness (QED) is 0.276. The van der Waals surface area contributed by atoms with E-state index < -0.39 is 23.5 Å². The molecule has 0 amide bonds. The Hall–Kier alpha value is -2.18. The van der Waals surface area contributed by atoms with Gasteiger partial charge in [-0.25, -0.2) is 4.79 Å². The van der Waals surface area contributed by atoms with E-state index in [1.165, 1.54) is 0 Å². The standard InChI is InChI=1S/C11H6F4O3/c12-9(5-16)6-18-10(17)7-1-3-8(4-2-7)11(13,14)15/h1-6H/b9-6-. The molecule has 18 heavy (non-hydrogen) atoms. The lowest BCUT2D eigenvalue weighted by molar-refractivity contribution is -0.137. The Morgan fingerprint density at radius 2 is 1.72 bits per heavy atom. The third kappa shape index (κ3) is 3.69. The molecule has 0 aliphatic rings. The largest absolute Gasteiger partial charge is 0.428 e. The number of alkyl halides is 3. The van der Waals surface area contributed by atoms with Gasteiger partial charge in [-0.3, -0.25) is 4.79 Å². The van der Waals surface area contributed by atoms with E-state index in [2.05, 4.69) is 4.74 Å². The highest BCUT2D eigenvalue weighted by atomic mass is 19.4. The molecule has 1 aromatic carbocycles. The first-order valence-corrected chi connectivity index (χ1v) is 4.53. The van der Waals surface area contributed by atoms with Crippen molar-refractivity contribution in [1.29, 1.82) is 0 Å². The highest BCUT2D eigenvalue weighted by Crippen LogP contribution is 2.29. The van der Waals surface area contributed by atoms with Crippen LogP contribution in [0.5, 0.6) is 0 Å². The summed E-state index contributed by atoms with van der Waals surface area (Å²) in [6.07, 6.45) is -4.42. The van der Waals surface area contributed by atoms with Crippen molar-refractivity contribution in [1.82, 2.24) is 0 Å². The van der Waals surface area contributed by atoms with E-state index in [9.17, 15) is 27.2 Å². The number of rotatable bonds is 3. The van der Waals surface area contributed by atoms with Gasteiger partial charge in [0.2, 0.25) is 0 Å². The fourth-order valence-corrected chi connectivity index (χ4v) is 1.00. The summed E-state index contributed by atoms with van der Waals surface area (Å²) >= 11 is 0. The molecule has 0 heterocycles. The Kier molecular flexibility index (Phi) is 4.19. The Balaban J connectivity index is 2.80. The minimum absolute atomic E-state index is 0.181. The van der Waals surface area contributed by atoms with Crippen LogP contribution in [0.15, 0.2) is 36.4 Å². The van der Waals surface area contributed by atoms with Gasteiger partial charge in [0.15, 0.2) is 12.1 Å². The highest BCUT2D eigenvalue weighted by Gasteiger charge is 2.30. The highest BCUT2D eigenvalue weighted by molar-refractivity contribution is 5.90. The molecule has 0 N–H and O–H groups in total. The maximum atomic E-state index is 12.3. The molecule has 0 aliphatic heterocycles. The zero-order valence-electron chi connectivity index (χ0n) is 8.70. The summed E-state index contributed by atoms with van der Waals surface area (Å²) in [5.74, 6) is -2.38. The van der Waals surface area contributed by atoms with Gasteiger partial charge >= 0.3 is 12.1 Å². The van der Waals surface area contributed by atoms with Crippen molar-refractivity contribution in [2.75, 3.05) is 0 Å².